The Morgan fingerprint density at radius 1 is 1.10 bits per heavy atom. The van der Waals surface area contributed by atoms with Crippen molar-refractivity contribution < 1.29 is 19.2 Å². The van der Waals surface area contributed by atoms with Gasteiger partial charge in [-0.15, -0.1) is 0 Å². The molecular formula is C21H24N4O5. The van der Waals surface area contributed by atoms with E-state index in [0.717, 1.165) is 37.6 Å². The smallest absolute Gasteiger partial charge is 0.313 e. The van der Waals surface area contributed by atoms with Crippen LogP contribution in [0, 0.1) is 17.0 Å². The van der Waals surface area contributed by atoms with Gasteiger partial charge in [0.1, 0.15) is 5.69 Å². The summed E-state index contributed by atoms with van der Waals surface area (Å²) in [6.07, 6.45) is 0.563. The molecule has 0 aromatic heterocycles. The van der Waals surface area contributed by atoms with Crippen LogP contribution in [0.25, 0.3) is 0 Å². The van der Waals surface area contributed by atoms with E-state index >= 15 is 0 Å². The van der Waals surface area contributed by atoms with Gasteiger partial charge in [0.25, 0.3) is 5.69 Å². The molecule has 0 aliphatic carbocycles. The Morgan fingerprint density at radius 3 is 2.47 bits per heavy atom. The molecule has 3 rings (SSSR count). The molecule has 9 heteroatoms. The first-order valence-corrected chi connectivity index (χ1v) is 9.70. The minimum absolute atomic E-state index is 0.00977. The molecule has 1 fully saturated rings. The number of carbonyl (C=O) groups is 2. The van der Waals surface area contributed by atoms with Crippen LogP contribution >= 0.6 is 0 Å². The van der Waals surface area contributed by atoms with Crippen LogP contribution in [0.15, 0.2) is 42.5 Å². The second-order valence-corrected chi connectivity index (χ2v) is 7.00. The third-order valence-corrected chi connectivity index (χ3v) is 4.82. The Labute approximate surface area is 174 Å². The largest absolute Gasteiger partial charge is 0.378 e. The van der Waals surface area contributed by atoms with Crippen molar-refractivity contribution in [3.05, 3.63) is 63.7 Å². The summed E-state index contributed by atoms with van der Waals surface area (Å²) < 4.78 is 5.35. The molecule has 0 spiro atoms. The average Bonchev–Trinajstić information content (AvgIpc) is 2.75. The van der Waals surface area contributed by atoms with Gasteiger partial charge in [-0.3, -0.25) is 19.7 Å². The van der Waals surface area contributed by atoms with Gasteiger partial charge in [-0.25, -0.2) is 0 Å². The average molecular weight is 412 g/mol. The SMILES string of the molecule is Cc1ccc(NC(=O)C(=O)NCCc2ccc(N3CCOCC3)cc2)c([N+](=O)[O-])c1. The lowest BCUT2D eigenvalue weighted by atomic mass is 10.1. The topological polar surface area (TPSA) is 114 Å². The first-order chi connectivity index (χ1) is 14.4. The number of aryl methyl sites for hydroxylation is 1. The van der Waals surface area contributed by atoms with E-state index in [0.29, 0.717) is 12.0 Å². The number of hydrogen-bond acceptors (Lipinski definition) is 6. The van der Waals surface area contributed by atoms with E-state index in [9.17, 15) is 19.7 Å². The third-order valence-electron chi connectivity index (χ3n) is 4.82. The molecule has 0 atom stereocenters. The van der Waals surface area contributed by atoms with Crippen LogP contribution in [-0.2, 0) is 20.7 Å². The lowest BCUT2D eigenvalue weighted by Crippen LogP contribution is -2.36. The maximum atomic E-state index is 12.1. The molecule has 1 heterocycles. The van der Waals surface area contributed by atoms with Crippen molar-refractivity contribution in [1.29, 1.82) is 0 Å². The number of carbonyl (C=O) groups excluding carboxylic acids is 2. The van der Waals surface area contributed by atoms with Gasteiger partial charge in [-0.1, -0.05) is 18.2 Å². The Kier molecular flexibility index (Phi) is 6.97. The molecule has 0 saturated carbocycles. The summed E-state index contributed by atoms with van der Waals surface area (Å²) >= 11 is 0. The fourth-order valence-electron chi connectivity index (χ4n) is 3.17. The predicted molar refractivity (Wildman–Crippen MR) is 113 cm³/mol. The van der Waals surface area contributed by atoms with Gasteiger partial charge in [0.2, 0.25) is 0 Å². The molecule has 1 aliphatic heterocycles. The van der Waals surface area contributed by atoms with E-state index in [1.807, 2.05) is 24.3 Å². The highest BCUT2D eigenvalue weighted by Crippen LogP contribution is 2.25. The van der Waals surface area contributed by atoms with Gasteiger partial charge < -0.3 is 20.3 Å². The number of ether oxygens (including phenoxy) is 1. The highest BCUT2D eigenvalue weighted by molar-refractivity contribution is 6.39. The summed E-state index contributed by atoms with van der Waals surface area (Å²) in [6.45, 7) is 5.16. The molecule has 0 bridgehead atoms. The van der Waals surface area contributed by atoms with E-state index in [-0.39, 0.29) is 17.9 Å². The Hall–Kier alpha value is -3.46. The van der Waals surface area contributed by atoms with Crippen molar-refractivity contribution in [3.8, 4) is 0 Å². The monoisotopic (exact) mass is 412 g/mol. The van der Waals surface area contributed by atoms with Gasteiger partial charge in [-0.05, 0) is 42.7 Å². The number of nitrogens with zero attached hydrogens (tertiary/aromatic N) is 2. The summed E-state index contributed by atoms with van der Waals surface area (Å²) in [5.74, 6) is -1.78. The maximum absolute atomic E-state index is 12.1. The lowest BCUT2D eigenvalue weighted by molar-refractivity contribution is -0.384. The van der Waals surface area contributed by atoms with Crippen molar-refractivity contribution in [1.82, 2.24) is 5.32 Å². The van der Waals surface area contributed by atoms with Crippen LogP contribution in [0.2, 0.25) is 0 Å². The molecule has 2 aromatic carbocycles. The summed E-state index contributed by atoms with van der Waals surface area (Å²) in [5, 5.41) is 16.0. The van der Waals surface area contributed by atoms with Gasteiger partial charge >= 0.3 is 11.8 Å². The van der Waals surface area contributed by atoms with Crippen LogP contribution < -0.4 is 15.5 Å². The molecular weight excluding hydrogens is 388 g/mol. The molecule has 9 nitrogen and oxygen atoms in total. The Bertz CT molecular complexity index is 923. The van der Waals surface area contributed by atoms with E-state index in [1.165, 1.54) is 12.1 Å². The summed E-state index contributed by atoms with van der Waals surface area (Å²) in [7, 11) is 0. The second-order valence-electron chi connectivity index (χ2n) is 7.00. The number of benzene rings is 2. The van der Waals surface area contributed by atoms with Crippen molar-refractivity contribution in [2.75, 3.05) is 43.1 Å². The number of amides is 2. The minimum atomic E-state index is -0.940. The third kappa shape index (κ3) is 5.54. The zero-order valence-electron chi connectivity index (χ0n) is 16.7. The number of hydrogen-bond donors (Lipinski definition) is 2. The van der Waals surface area contributed by atoms with Crippen LogP contribution in [-0.4, -0.2) is 49.6 Å². The summed E-state index contributed by atoms with van der Waals surface area (Å²) in [5.41, 5.74) is 2.58. The van der Waals surface area contributed by atoms with Gasteiger partial charge in [0.15, 0.2) is 0 Å². The molecule has 158 valence electrons. The predicted octanol–water partition coefficient (Wildman–Crippen LogP) is 2.04. The van der Waals surface area contributed by atoms with Crippen LogP contribution in [0.4, 0.5) is 17.1 Å². The number of nitrogens with one attached hydrogen (secondary N) is 2. The molecule has 0 radical (unpaired) electrons. The number of rotatable bonds is 6. The van der Waals surface area contributed by atoms with Crippen molar-refractivity contribution in [2.24, 2.45) is 0 Å². The molecule has 0 unspecified atom stereocenters. The molecule has 1 aliphatic rings. The highest BCUT2D eigenvalue weighted by Gasteiger charge is 2.20. The maximum Gasteiger partial charge on any atom is 0.313 e. The zero-order chi connectivity index (χ0) is 21.5. The summed E-state index contributed by atoms with van der Waals surface area (Å²) in [4.78, 5) is 36.9. The van der Waals surface area contributed by atoms with E-state index in [1.54, 1.807) is 13.0 Å². The molecule has 2 N–H and O–H groups in total. The first-order valence-electron chi connectivity index (χ1n) is 9.70. The summed E-state index contributed by atoms with van der Waals surface area (Å²) in [6, 6.07) is 12.4. The number of nitro benzene ring substituents is 1. The van der Waals surface area contributed by atoms with Crippen LogP contribution in [0.3, 0.4) is 0 Å². The standard InChI is InChI=1S/C21H24N4O5/c1-15-2-7-18(19(14-15)25(28)29)23-21(27)20(26)22-9-8-16-3-5-17(6-4-16)24-10-12-30-13-11-24/h2-7,14H,8-13H2,1H3,(H,22,26)(H,23,27). The van der Waals surface area contributed by atoms with E-state index in [2.05, 4.69) is 15.5 Å². The number of nitro groups is 1. The molecule has 2 amide bonds. The van der Waals surface area contributed by atoms with Crippen molar-refractivity contribution in [3.63, 3.8) is 0 Å². The fraction of sp³-hybridized carbons (Fsp3) is 0.333. The lowest BCUT2D eigenvalue weighted by Gasteiger charge is -2.28. The number of morpholine rings is 1. The Morgan fingerprint density at radius 2 is 1.80 bits per heavy atom. The quantitative estimate of drug-likeness (QED) is 0.426. The van der Waals surface area contributed by atoms with Crippen LogP contribution in [0.1, 0.15) is 11.1 Å². The normalized spacial score (nSPS) is 13.6. The van der Waals surface area contributed by atoms with Crippen molar-refractivity contribution >= 4 is 28.9 Å². The second kappa shape index (κ2) is 9.84. The van der Waals surface area contributed by atoms with Crippen LogP contribution in [0.5, 0.6) is 0 Å². The fourth-order valence-corrected chi connectivity index (χ4v) is 3.17. The van der Waals surface area contributed by atoms with Crippen molar-refractivity contribution in [2.45, 2.75) is 13.3 Å². The van der Waals surface area contributed by atoms with Gasteiger partial charge in [-0.2, -0.15) is 0 Å². The van der Waals surface area contributed by atoms with E-state index in [4.69, 9.17) is 4.74 Å². The van der Waals surface area contributed by atoms with Gasteiger partial charge in [0.05, 0.1) is 18.1 Å². The zero-order valence-corrected chi connectivity index (χ0v) is 16.7. The first kappa shape index (κ1) is 21.3. The number of anilines is 2. The van der Waals surface area contributed by atoms with Gasteiger partial charge in [0, 0.05) is 31.4 Å². The highest BCUT2D eigenvalue weighted by atomic mass is 16.6. The Balaban J connectivity index is 1.48. The molecule has 30 heavy (non-hydrogen) atoms. The van der Waals surface area contributed by atoms with E-state index < -0.39 is 16.7 Å². The molecule has 2 aromatic rings. The molecule has 1 saturated heterocycles. The minimum Gasteiger partial charge on any atom is -0.378 e.